The number of unbranched alkanes of at least 4 members (excludes halogenated alkanes) is 1. The fourth-order valence-corrected chi connectivity index (χ4v) is 2.67. The molecule has 1 atom stereocenters. The molecule has 8 nitrogen and oxygen atoms in total. The summed E-state index contributed by atoms with van der Waals surface area (Å²) in [6, 6.07) is 0. The molecular weight excluding hydrogens is 300 g/mol. The quantitative estimate of drug-likeness (QED) is 0.656. The molecule has 1 unspecified atom stereocenters. The average molecular weight is 324 g/mol. The molecule has 23 heavy (non-hydrogen) atoms. The number of rotatable bonds is 8. The van der Waals surface area contributed by atoms with E-state index in [4.69, 9.17) is 5.11 Å². The summed E-state index contributed by atoms with van der Waals surface area (Å²) in [5, 5.41) is 18.1. The maximum Gasteiger partial charge on any atom is 0.332 e. The molecule has 128 valence electrons. The maximum atomic E-state index is 12.6. The van der Waals surface area contributed by atoms with Gasteiger partial charge in [0.25, 0.3) is 5.56 Å². The van der Waals surface area contributed by atoms with Gasteiger partial charge in [0.15, 0.2) is 11.2 Å². The van der Waals surface area contributed by atoms with Crippen molar-refractivity contribution in [3.8, 4) is 0 Å². The third-order valence-corrected chi connectivity index (χ3v) is 3.95. The van der Waals surface area contributed by atoms with Crippen LogP contribution in [0.5, 0.6) is 0 Å². The molecule has 2 N–H and O–H groups in total. The van der Waals surface area contributed by atoms with Gasteiger partial charge < -0.3 is 14.8 Å². The third-order valence-electron chi connectivity index (χ3n) is 3.95. The number of imidazole rings is 1. The highest BCUT2D eigenvalue weighted by Gasteiger charge is 2.15. The lowest BCUT2D eigenvalue weighted by molar-refractivity contribution is 0.0859. The van der Waals surface area contributed by atoms with E-state index >= 15 is 0 Å². The van der Waals surface area contributed by atoms with Gasteiger partial charge in [0.1, 0.15) is 0 Å². The summed E-state index contributed by atoms with van der Waals surface area (Å²) >= 11 is 0. The van der Waals surface area contributed by atoms with Crippen molar-refractivity contribution in [2.45, 2.75) is 51.8 Å². The highest BCUT2D eigenvalue weighted by Crippen LogP contribution is 2.09. The second-order valence-electron chi connectivity index (χ2n) is 5.74. The zero-order valence-corrected chi connectivity index (χ0v) is 13.6. The van der Waals surface area contributed by atoms with Gasteiger partial charge in [-0.15, -0.1) is 0 Å². The molecule has 0 radical (unpaired) electrons. The third kappa shape index (κ3) is 3.53. The molecule has 0 aliphatic carbocycles. The molecule has 0 aromatic carbocycles. The van der Waals surface area contributed by atoms with Crippen molar-refractivity contribution in [1.29, 1.82) is 0 Å². The molecule has 2 aromatic heterocycles. The van der Waals surface area contributed by atoms with Gasteiger partial charge in [0.2, 0.25) is 0 Å². The molecule has 0 fully saturated rings. The van der Waals surface area contributed by atoms with Crippen molar-refractivity contribution >= 4 is 11.2 Å². The minimum absolute atomic E-state index is 0.238. The monoisotopic (exact) mass is 324 g/mol. The first-order chi connectivity index (χ1) is 11.0. The molecule has 0 amide bonds. The average Bonchev–Trinajstić information content (AvgIpc) is 2.97. The van der Waals surface area contributed by atoms with Crippen LogP contribution in [0.3, 0.4) is 0 Å². The smallest absolute Gasteiger partial charge is 0.332 e. The normalized spacial score (nSPS) is 12.9. The van der Waals surface area contributed by atoms with Crippen LogP contribution in [-0.2, 0) is 20.1 Å². The van der Waals surface area contributed by atoms with Crippen molar-refractivity contribution in [3.63, 3.8) is 0 Å². The van der Waals surface area contributed by atoms with Gasteiger partial charge in [-0.05, 0) is 25.7 Å². The predicted octanol–water partition coefficient (Wildman–Crippen LogP) is -0.170. The SMILES string of the molecule is CCCn1c(=O)c2c(ncn2CCCCC(O)CO)n(C)c1=O. The van der Waals surface area contributed by atoms with Gasteiger partial charge >= 0.3 is 5.69 Å². The Kier molecular flexibility index (Phi) is 5.73. The molecule has 0 saturated heterocycles. The maximum absolute atomic E-state index is 12.6. The number of aromatic nitrogens is 4. The lowest BCUT2D eigenvalue weighted by Crippen LogP contribution is -2.39. The number of fused-ring (bicyclic) bond motifs is 1. The largest absolute Gasteiger partial charge is 0.394 e. The Morgan fingerprint density at radius 1 is 1.26 bits per heavy atom. The number of aliphatic hydroxyl groups excluding tert-OH is 2. The van der Waals surface area contributed by atoms with Crippen LogP contribution >= 0.6 is 0 Å². The fourth-order valence-electron chi connectivity index (χ4n) is 2.67. The Hall–Kier alpha value is -1.93. The Balaban J connectivity index is 2.29. The molecule has 0 bridgehead atoms. The molecule has 2 rings (SSSR count). The molecule has 2 aromatic rings. The first-order valence-corrected chi connectivity index (χ1v) is 7.94. The molecule has 0 aliphatic rings. The van der Waals surface area contributed by atoms with Crippen molar-refractivity contribution in [2.75, 3.05) is 6.61 Å². The Labute approximate surface area is 133 Å². The predicted molar refractivity (Wildman–Crippen MR) is 86.5 cm³/mol. The van der Waals surface area contributed by atoms with Gasteiger partial charge in [0, 0.05) is 20.1 Å². The summed E-state index contributed by atoms with van der Waals surface area (Å²) in [4.78, 5) is 29.0. The summed E-state index contributed by atoms with van der Waals surface area (Å²) in [5.41, 5.74) is 0.171. The van der Waals surface area contributed by atoms with Crippen molar-refractivity contribution < 1.29 is 10.2 Å². The molecule has 0 aliphatic heterocycles. The van der Waals surface area contributed by atoms with Crippen LogP contribution in [0.25, 0.3) is 11.2 Å². The van der Waals surface area contributed by atoms with Crippen LogP contribution in [0.15, 0.2) is 15.9 Å². The van der Waals surface area contributed by atoms with Crippen LogP contribution in [0, 0.1) is 0 Å². The summed E-state index contributed by atoms with van der Waals surface area (Å²) in [6.07, 6.45) is 3.58. The number of nitrogens with zero attached hydrogens (tertiary/aromatic N) is 4. The van der Waals surface area contributed by atoms with E-state index in [-0.39, 0.29) is 17.9 Å². The number of hydrogen-bond acceptors (Lipinski definition) is 5. The van der Waals surface area contributed by atoms with Crippen LogP contribution in [-0.4, -0.2) is 41.6 Å². The molecule has 0 spiro atoms. The van der Waals surface area contributed by atoms with Crippen LogP contribution in [0.1, 0.15) is 32.6 Å². The summed E-state index contributed by atoms with van der Waals surface area (Å²) in [5.74, 6) is 0. The van der Waals surface area contributed by atoms with E-state index in [0.29, 0.717) is 37.1 Å². The molecular formula is C15H24N4O4. The van der Waals surface area contributed by atoms with E-state index < -0.39 is 6.10 Å². The van der Waals surface area contributed by atoms with Gasteiger partial charge in [-0.25, -0.2) is 9.78 Å². The number of aryl methyl sites for hydroxylation is 2. The van der Waals surface area contributed by atoms with E-state index in [2.05, 4.69) is 4.98 Å². The molecule has 8 heteroatoms. The summed E-state index contributed by atoms with van der Waals surface area (Å²) < 4.78 is 4.41. The fraction of sp³-hybridized carbons (Fsp3) is 0.667. The van der Waals surface area contributed by atoms with E-state index in [1.54, 1.807) is 17.9 Å². The standard InChI is InChI=1S/C15H24N4O4/c1-3-7-19-14(22)12-13(17(2)15(19)23)16-10-18(12)8-5-4-6-11(21)9-20/h10-11,20-21H,3-9H2,1-2H3. The van der Waals surface area contributed by atoms with E-state index in [9.17, 15) is 14.7 Å². The minimum Gasteiger partial charge on any atom is -0.394 e. The van der Waals surface area contributed by atoms with E-state index in [0.717, 1.165) is 12.8 Å². The van der Waals surface area contributed by atoms with E-state index in [1.165, 1.54) is 9.13 Å². The highest BCUT2D eigenvalue weighted by molar-refractivity contribution is 5.69. The van der Waals surface area contributed by atoms with Crippen molar-refractivity contribution in [1.82, 2.24) is 18.7 Å². The van der Waals surface area contributed by atoms with Crippen molar-refractivity contribution in [3.05, 3.63) is 27.2 Å². The first kappa shape index (κ1) is 17.4. The second kappa shape index (κ2) is 7.56. The number of aliphatic hydroxyl groups is 2. The summed E-state index contributed by atoms with van der Waals surface area (Å²) in [6.45, 7) is 2.64. The Bertz CT molecular complexity index is 774. The zero-order valence-electron chi connectivity index (χ0n) is 13.6. The molecule has 2 heterocycles. The topological polar surface area (TPSA) is 102 Å². The van der Waals surface area contributed by atoms with Crippen LogP contribution in [0.4, 0.5) is 0 Å². The minimum atomic E-state index is -0.697. The van der Waals surface area contributed by atoms with Gasteiger partial charge in [0.05, 0.1) is 19.0 Å². The summed E-state index contributed by atoms with van der Waals surface area (Å²) in [7, 11) is 1.62. The van der Waals surface area contributed by atoms with Crippen LogP contribution < -0.4 is 11.2 Å². The van der Waals surface area contributed by atoms with Gasteiger partial charge in [-0.1, -0.05) is 6.92 Å². The first-order valence-electron chi connectivity index (χ1n) is 7.94. The Morgan fingerprint density at radius 3 is 2.65 bits per heavy atom. The lowest BCUT2D eigenvalue weighted by Gasteiger charge is -2.09. The van der Waals surface area contributed by atoms with Gasteiger partial charge in [-0.2, -0.15) is 0 Å². The van der Waals surface area contributed by atoms with E-state index in [1.807, 2.05) is 6.92 Å². The van der Waals surface area contributed by atoms with Gasteiger partial charge in [-0.3, -0.25) is 13.9 Å². The zero-order chi connectivity index (χ0) is 17.0. The number of hydrogen-bond donors (Lipinski definition) is 2. The second-order valence-corrected chi connectivity index (χ2v) is 5.74. The van der Waals surface area contributed by atoms with Crippen molar-refractivity contribution in [2.24, 2.45) is 7.05 Å². The lowest BCUT2D eigenvalue weighted by atomic mass is 10.1. The Morgan fingerprint density at radius 2 is 2.00 bits per heavy atom. The highest BCUT2D eigenvalue weighted by atomic mass is 16.3. The molecule has 0 saturated carbocycles. The van der Waals surface area contributed by atoms with Crippen LogP contribution in [0.2, 0.25) is 0 Å².